The molecule has 1 aliphatic rings. The fourth-order valence-electron chi connectivity index (χ4n) is 3.93. The van der Waals surface area contributed by atoms with Crippen LogP contribution >= 0.6 is 15.9 Å². The summed E-state index contributed by atoms with van der Waals surface area (Å²) in [5.41, 5.74) is 4.97. The highest BCUT2D eigenvalue weighted by Crippen LogP contribution is 2.37. The Hall–Kier alpha value is -2.14. The summed E-state index contributed by atoms with van der Waals surface area (Å²) in [6.45, 7) is 4.05. The van der Waals surface area contributed by atoms with Crippen molar-refractivity contribution in [3.8, 4) is 16.9 Å². The van der Waals surface area contributed by atoms with E-state index < -0.39 is 0 Å². The van der Waals surface area contributed by atoms with Crippen LogP contribution < -0.4 is 10.1 Å². The van der Waals surface area contributed by atoms with Crippen LogP contribution in [0.1, 0.15) is 17.2 Å². The van der Waals surface area contributed by atoms with E-state index in [9.17, 15) is 0 Å². The Labute approximate surface area is 175 Å². The van der Waals surface area contributed by atoms with Crippen molar-refractivity contribution in [2.24, 2.45) is 0 Å². The van der Waals surface area contributed by atoms with Crippen LogP contribution in [0.5, 0.6) is 5.75 Å². The molecule has 1 fully saturated rings. The van der Waals surface area contributed by atoms with E-state index >= 15 is 0 Å². The smallest absolute Gasteiger partial charge is 0.124 e. The quantitative estimate of drug-likeness (QED) is 0.600. The fourth-order valence-corrected chi connectivity index (χ4v) is 4.31. The van der Waals surface area contributed by atoms with Gasteiger partial charge in [0.25, 0.3) is 0 Å². The zero-order chi connectivity index (χ0) is 19.3. The van der Waals surface area contributed by atoms with Gasteiger partial charge in [-0.1, -0.05) is 70.5 Å². The first-order valence-electron chi connectivity index (χ1n) is 9.70. The minimum atomic E-state index is 0.166. The first kappa shape index (κ1) is 19.2. The molecule has 28 heavy (non-hydrogen) atoms. The second-order valence-corrected chi connectivity index (χ2v) is 7.98. The highest BCUT2D eigenvalue weighted by Gasteiger charge is 2.26. The third-order valence-corrected chi connectivity index (χ3v) is 5.83. The number of halogens is 1. The third-order valence-electron chi connectivity index (χ3n) is 5.34. The van der Waals surface area contributed by atoms with E-state index in [1.165, 1.54) is 22.3 Å². The Morgan fingerprint density at radius 1 is 0.893 bits per heavy atom. The minimum absolute atomic E-state index is 0.166. The van der Waals surface area contributed by atoms with Gasteiger partial charge in [-0.25, -0.2) is 0 Å². The van der Waals surface area contributed by atoms with Gasteiger partial charge in [0.15, 0.2) is 0 Å². The molecule has 144 valence electrons. The van der Waals surface area contributed by atoms with E-state index in [0.29, 0.717) is 0 Å². The zero-order valence-corrected chi connectivity index (χ0v) is 17.7. The molecule has 3 aromatic carbocycles. The lowest BCUT2D eigenvalue weighted by Gasteiger charge is -2.36. The number of ether oxygens (including phenoxy) is 1. The Bertz CT molecular complexity index is 906. The highest BCUT2D eigenvalue weighted by atomic mass is 79.9. The molecule has 4 heteroatoms. The van der Waals surface area contributed by atoms with Gasteiger partial charge in [-0.3, -0.25) is 4.90 Å². The van der Waals surface area contributed by atoms with Gasteiger partial charge in [0, 0.05) is 36.2 Å². The SMILES string of the molecule is COc1ccc(Br)cc1C(c1ccc(-c2ccccc2)cc1)N1CCNCC1. The Morgan fingerprint density at radius 2 is 1.57 bits per heavy atom. The second-order valence-electron chi connectivity index (χ2n) is 7.06. The molecule has 0 aromatic heterocycles. The van der Waals surface area contributed by atoms with Crippen LogP contribution in [0.3, 0.4) is 0 Å². The average molecular weight is 437 g/mol. The van der Waals surface area contributed by atoms with E-state index in [1.807, 2.05) is 12.1 Å². The number of rotatable bonds is 5. The van der Waals surface area contributed by atoms with Crippen molar-refractivity contribution < 1.29 is 4.74 Å². The summed E-state index contributed by atoms with van der Waals surface area (Å²) in [6, 6.07) is 25.9. The summed E-state index contributed by atoms with van der Waals surface area (Å²) < 4.78 is 6.80. The van der Waals surface area contributed by atoms with Crippen molar-refractivity contribution in [3.05, 3.63) is 88.4 Å². The molecule has 4 rings (SSSR count). The van der Waals surface area contributed by atoms with Crippen molar-refractivity contribution >= 4 is 15.9 Å². The van der Waals surface area contributed by atoms with Crippen LogP contribution in [-0.4, -0.2) is 38.2 Å². The summed E-state index contributed by atoms with van der Waals surface area (Å²) in [5, 5.41) is 3.46. The molecular weight excluding hydrogens is 412 g/mol. The third kappa shape index (κ3) is 4.14. The average Bonchev–Trinajstić information content (AvgIpc) is 2.76. The van der Waals surface area contributed by atoms with Crippen molar-refractivity contribution in [2.45, 2.75) is 6.04 Å². The van der Waals surface area contributed by atoms with Gasteiger partial charge in [0.2, 0.25) is 0 Å². The summed E-state index contributed by atoms with van der Waals surface area (Å²) in [5.74, 6) is 0.930. The van der Waals surface area contributed by atoms with Gasteiger partial charge >= 0.3 is 0 Å². The van der Waals surface area contributed by atoms with E-state index in [1.54, 1.807) is 7.11 Å². The summed E-state index contributed by atoms with van der Waals surface area (Å²) in [6.07, 6.45) is 0. The number of hydrogen-bond acceptors (Lipinski definition) is 3. The lowest BCUT2D eigenvalue weighted by molar-refractivity contribution is 0.195. The molecule has 0 bridgehead atoms. The van der Waals surface area contributed by atoms with E-state index in [-0.39, 0.29) is 6.04 Å². The molecule has 1 atom stereocenters. The molecule has 0 spiro atoms. The maximum Gasteiger partial charge on any atom is 0.124 e. The van der Waals surface area contributed by atoms with Gasteiger partial charge < -0.3 is 10.1 Å². The van der Waals surface area contributed by atoms with E-state index in [4.69, 9.17) is 4.74 Å². The van der Waals surface area contributed by atoms with Gasteiger partial charge in [-0.2, -0.15) is 0 Å². The monoisotopic (exact) mass is 436 g/mol. The molecular formula is C24H25BrN2O. The first-order valence-corrected chi connectivity index (χ1v) is 10.5. The topological polar surface area (TPSA) is 24.5 Å². The van der Waals surface area contributed by atoms with Gasteiger partial charge in [0.1, 0.15) is 5.75 Å². The normalized spacial score (nSPS) is 15.9. The van der Waals surface area contributed by atoms with Crippen molar-refractivity contribution in [3.63, 3.8) is 0 Å². The van der Waals surface area contributed by atoms with Crippen LogP contribution in [0, 0.1) is 0 Å². The molecule has 1 aliphatic heterocycles. The summed E-state index contributed by atoms with van der Waals surface area (Å²) in [4.78, 5) is 2.54. The summed E-state index contributed by atoms with van der Waals surface area (Å²) >= 11 is 3.65. The number of nitrogens with zero attached hydrogens (tertiary/aromatic N) is 1. The standard InChI is InChI=1S/C24H25BrN2O/c1-28-23-12-11-21(25)17-22(23)24(27-15-13-26-14-16-27)20-9-7-19(8-10-20)18-5-3-2-4-6-18/h2-12,17,24,26H,13-16H2,1H3. The Balaban J connectivity index is 1.75. The molecule has 3 nitrogen and oxygen atoms in total. The molecule has 0 amide bonds. The van der Waals surface area contributed by atoms with Crippen molar-refractivity contribution in [2.75, 3.05) is 33.3 Å². The van der Waals surface area contributed by atoms with Crippen molar-refractivity contribution in [1.82, 2.24) is 10.2 Å². The first-order chi connectivity index (χ1) is 13.8. The maximum absolute atomic E-state index is 5.72. The molecule has 1 N–H and O–H groups in total. The van der Waals surface area contributed by atoms with E-state index in [0.717, 1.165) is 36.4 Å². The number of hydrogen-bond donors (Lipinski definition) is 1. The zero-order valence-electron chi connectivity index (χ0n) is 16.1. The van der Waals surface area contributed by atoms with Crippen LogP contribution in [0.2, 0.25) is 0 Å². The van der Waals surface area contributed by atoms with Gasteiger partial charge in [-0.05, 0) is 34.9 Å². The van der Waals surface area contributed by atoms with E-state index in [2.05, 4.69) is 86.8 Å². The molecule has 1 saturated heterocycles. The molecule has 3 aromatic rings. The highest BCUT2D eigenvalue weighted by molar-refractivity contribution is 9.10. The number of benzene rings is 3. The molecule has 0 saturated carbocycles. The number of methoxy groups -OCH3 is 1. The lowest BCUT2D eigenvalue weighted by atomic mass is 9.93. The molecule has 0 radical (unpaired) electrons. The van der Waals surface area contributed by atoms with Crippen LogP contribution in [0.25, 0.3) is 11.1 Å². The van der Waals surface area contributed by atoms with Crippen LogP contribution in [0.15, 0.2) is 77.3 Å². The Kier molecular flexibility index (Phi) is 6.10. The van der Waals surface area contributed by atoms with Crippen molar-refractivity contribution in [1.29, 1.82) is 0 Å². The lowest BCUT2D eigenvalue weighted by Crippen LogP contribution is -2.45. The molecule has 1 unspecified atom stereocenters. The molecule has 0 aliphatic carbocycles. The maximum atomic E-state index is 5.72. The summed E-state index contributed by atoms with van der Waals surface area (Å²) in [7, 11) is 1.75. The number of nitrogens with one attached hydrogen (secondary N) is 1. The van der Waals surface area contributed by atoms with Gasteiger partial charge in [-0.15, -0.1) is 0 Å². The molecule has 1 heterocycles. The van der Waals surface area contributed by atoms with Gasteiger partial charge in [0.05, 0.1) is 13.2 Å². The Morgan fingerprint density at radius 3 is 2.25 bits per heavy atom. The second kappa shape index (κ2) is 8.91. The van der Waals surface area contributed by atoms with Crippen LogP contribution in [-0.2, 0) is 0 Å². The predicted molar refractivity (Wildman–Crippen MR) is 119 cm³/mol. The predicted octanol–water partition coefficient (Wildman–Crippen LogP) is 5.12. The number of piperazine rings is 1. The fraction of sp³-hybridized carbons (Fsp3) is 0.250. The largest absolute Gasteiger partial charge is 0.496 e. The minimum Gasteiger partial charge on any atom is -0.496 e. The van der Waals surface area contributed by atoms with Crippen LogP contribution in [0.4, 0.5) is 0 Å².